The molecule has 0 saturated heterocycles. The Bertz CT molecular complexity index is 914. The van der Waals surface area contributed by atoms with Crippen LogP contribution in [0.5, 0.6) is 0 Å². The van der Waals surface area contributed by atoms with E-state index in [9.17, 15) is 9.59 Å². The van der Waals surface area contributed by atoms with Crippen molar-refractivity contribution >= 4 is 11.8 Å². The van der Waals surface area contributed by atoms with Crippen LogP contribution in [0.15, 0.2) is 42.6 Å². The van der Waals surface area contributed by atoms with Crippen LogP contribution in [0.3, 0.4) is 0 Å². The third-order valence-electron chi connectivity index (χ3n) is 6.03. The molecule has 0 bridgehead atoms. The van der Waals surface area contributed by atoms with Crippen molar-refractivity contribution < 1.29 is 14.3 Å². The number of hydrogen-bond donors (Lipinski definition) is 0. The van der Waals surface area contributed by atoms with E-state index in [2.05, 4.69) is 54.9 Å². The van der Waals surface area contributed by atoms with Gasteiger partial charge in [-0.25, -0.2) is 0 Å². The number of aryl methyl sites for hydroxylation is 1. The number of benzene rings is 1. The van der Waals surface area contributed by atoms with E-state index in [1.807, 2.05) is 31.7 Å². The number of methoxy groups -OCH3 is 1. The minimum atomic E-state index is -0.381. The van der Waals surface area contributed by atoms with Crippen molar-refractivity contribution in [2.75, 3.05) is 26.8 Å². The van der Waals surface area contributed by atoms with Crippen LogP contribution < -0.4 is 0 Å². The van der Waals surface area contributed by atoms with Crippen LogP contribution in [0.25, 0.3) is 0 Å². The summed E-state index contributed by atoms with van der Waals surface area (Å²) in [5, 5.41) is 0. The Balaban J connectivity index is 2.16. The molecule has 1 heterocycles. The highest BCUT2D eigenvalue weighted by Gasteiger charge is 2.29. The molecule has 34 heavy (non-hydrogen) atoms. The largest absolute Gasteiger partial charge is 0.383 e. The first kappa shape index (κ1) is 27.6. The summed E-state index contributed by atoms with van der Waals surface area (Å²) < 4.78 is 7.40. The Kier molecular flexibility index (Phi) is 10.8. The molecule has 0 fully saturated rings. The van der Waals surface area contributed by atoms with Gasteiger partial charge in [0.2, 0.25) is 11.8 Å². The number of unbranched alkanes of at least 4 members (excludes halogenated alkanes) is 2. The van der Waals surface area contributed by atoms with E-state index >= 15 is 0 Å². The smallest absolute Gasteiger partial charge is 0.242 e. The highest BCUT2D eigenvalue weighted by Crippen LogP contribution is 2.20. The summed E-state index contributed by atoms with van der Waals surface area (Å²) in [6.07, 6.45) is 5.46. The van der Waals surface area contributed by atoms with Crippen LogP contribution in [-0.4, -0.2) is 58.5 Å². The average Bonchev–Trinajstić information content (AvgIpc) is 3.20. The Morgan fingerprint density at radius 3 is 2.47 bits per heavy atom. The lowest BCUT2D eigenvalue weighted by Crippen LogP contribution is -2.50. The van der Waals surface area contributed by atoms with Crippen LogP contribution in [0, 0.1) is 6.92 Å². The lowest BCUT2D eigenvalue weighted by atomic mass is 10.0. The molecule has 2 rings (SSSR count). The zero-order valence-corrected chi connectivity index (χ0v) is 22.0. The summed E-state index contributed by atoms with van der Waals surface area (Å²) in [5.41, 5.74) is 3.16. The van der Waals surface area contributed by atoms with Gasteiger partial charge in [0, 0.05) is 44.0 Å². The van der Waals surface area contributed by atoms with Crippen molar-refractivity contribution in [2.45, 2.75) is 78.9 Å². The molecule has 0 aliphatic carbocycles. The maximum absolute atomic E-state index is 13.5. The van der Waals surface area contributed by atoms with Gasteiger partial charge in [0.1, 0.15) is 0 Å². The van der Waals surface area contributed by atoms with Crippen molar-refractivity contribution in [3.8, 4) is 0 Å². The van der Waals surface area contributed by atoms with Gasteiger partial charge in [0.05, 0.1) is 19.7 Å². The molecular formula is C28H43N3O3. The van der Waals surface area contributed by atoms with E-state index in [1.54, 1.807) is 12.0 Å². The molecule has 0 unspecified atom stereocenters. The molecule has 2 aromatic rings. The lowest BCUT2D eigenvalue weighted by Gasteiger charge is -2.37. The molecule has 2 amide bonds. The number of ether oxygens (including phenoxy) is 1. The van der Waals surface area contributed by atoms with E-state index in [1.165, 1.54) is 11.1 Å². The highest BCUT2D eigenvalue weighted by atomic mass is 16.5. The van der Waals surface area contributed by atoms with Crippen molar-refractivity contribution in [1.82, 2.24) is 14.4 Å². The number of carbonyl (C=O) groups excluding carboxylic acids is 2. The first-order valence-corrected chi connectivity index (χ1v) is 12.4. The third-order valence-corrected chi connectivity index (χ3v) is 6.03. The first-order chi connectivity index (χ1) is 16.2. The predicted molar refractivity (Wildman–Crippen MR) is 138 cm³/mol. The number of rotatable bonds is 13. The van der Waals surface area contributed by atoms with Gasteiger partial charge in [-0.15, -0.1) is 0 Å². The maximum Gasteiger partial charge on any atom is 0.242 e. The molecule has 6 heteroatoms. The second-order valence-corrected chi connectivity index (χ2v) is 10.0. The molecule has 1 aromatic heterocycles. The molecule has 188 valence electrons. The SMILES string of the molecule is CCCCCC(=O)N(CCOC)CC(=O)N(Cc1cccn1Cc1cccc(C)c1)C(C)(C)C. The molecule has 1 aromatic carbocycles. The van der Waals surface area contributed by atoms with Gasteiger partial charge in [-0.2, -0.15) is 0 Å². The average molecular weight is 470 g/mol. The highest BCUT2D eigenvalue weighted by molar-refractivity contribution is 5.85. The van der Waals surface area contributed by atoms with Gasteiger partial charge in [0.15, 0.2) is 0 Å². The Morgan fingerprint density at radius 2 is 1.82 bits per heavy atom. The van der Waals surface area contributed by atoms with Crippen molar-refractivity contribution in [2.24, 2.45) is 0 Å². The molecule has 0 atom stereocenters. The van der Waals surface area contributed by atoms with Crippen LogP contribution in [0.1, 0.15) is 70.2 Å². The van der Waals surface area contributed by atoms with Gasteiger partial charge in [-0.05, 0) is 51.8 Å². The molecule has 0 N–H and O–H groups in total. The zero-order valence-electron chi connectivity index (χ0n) is 22.0. The van der Waals surface area contributed by atoms with E-state index in [4.69, 9.17) is 4.74 Å². The van der Waals surface area contributed by atoms with Gasteiger partial charge >= 0.3 is 0 Å². The van der Waals surface area contributed by atoms with E-state index in [0.29, 0.717) is 26.1 Å². The second kappa shape index (κ2) is 13.3. The molecule has 6 nitrogen and oxygen atoms in total. The van der Waals surface area contributed by atoms with Crippen molar-refractivity contribution in [1.29, 1.82) is 0 Å². The topological polar surface area (TPSA) is 54.8 Å². The fourth-order valence-corrected chi connectivity index (χ4v) is 4.04. The van der Waals surface area contributed by atoms with E-state index < -0.39 is 0 Å². The predicted octanol–water partition coefficient (Wildman–Crippen LogP) is 5.03. The van der Waals surface area contributed by atoms with Gasteiger partial charge in [0.25, 0.3) is 0 Å². The van der Waals surface area contributed by atoms with E-state index in [-0.39, 0.29) is 23.9 Å². The molecule has 0 spiro atoms. The number of aromatic nitrogens is 1. The standard InChI is InChI=1S/C28H43N3O3/c1-7-8-9-15-26(32)30(17-18-34-6)22-27(33)31(28(3,4)5)21-25-14-11-16-29(25)20-24-13-10-12-23(2)19-24/h10-14,16,19H,7-9,15,17-18,20-22H2,1-6H3. The van der Waals surface area contributed by atoms with Crippen LogP contribution in [-0.2, 0) is 27.4 Å². The number of amides is 2. The summed E-state index contributed by atoms with van der Waals surface area (Å²) in [4.78, 5) is 29.9. The summed E-state index contributed by atoms with van der Waals surface area (Å²) in [5.74, 6) is -0.0220. The van der Waals surface area contributed by atoms with Crippen LogP contribution in [0.4, 0.5) is 0 Å². The fourth-order valence-electron chi connectivity index (χ4n) is 4.04. The monoisotopic (exact) mass is 469 g/mol. The summed E-state index contributed by atoms with van der Waals surface area (Å²) in [7, 11) is 1.62. The summed E-state index contributed by atoms with van der Waals surface area (Å²) >= 11 is 0. The van der Waals surface area contributed by atoms with E-state index in [0.717, 1.165) is 31.5 Å². The fraction of sp³-hybridized carbons (Fsp3) is 0.571. The number of carbonyl (C=O) groups is 2. The normalized spacial score (nSPS) is 11.5. The van der Waals surface area contributed by atoms with Gasteiger partial charge in [-0.3, -0.25) is 9.59 Å². The van der Waals surface area contributed by atoms with Gasteiger partial charge in [-0.1, -0.05) is 49.6 Å². The molecule has 0 saturated carbocycles. The number of hydrogen-bond acceptors (Lipinski definition) is 3. The zero-order chi connectivity index (χ0) is 25.1. The third kappa shape index (κ3) is 8.64. The Morgan fingerprint density at radius 1 is 1.06 bits per heavy atom. The Labute approximate surface area is 205 Å². The minimum absolute atomic E-state index is 0.0236. The Hall–Kier alpha value is -2.60. The minimum Gasteiger partial charge on any atom is -0.383 e. The summed E-state index contributed by atoms with van der Waals surface area (Å²) in [6.45, 7) is 12.5. The quantitative estimate of drug-likeness (QED) is 0.387. The van der Waals surface area contributed by atoms with Crippen LogP contribution in [0.2, 0.25) is 0 Å². The van der Waals surface area contributed by atoms with Crippen LogP contribution >= 0.6 is 0 Å². The molecule has 0 aliphatic heterocycles. The molecular weight excluding hydrogens is 426 g/mol. The number of nitrogens with zero attached hydrogens (tertiary/aromatic N) is 3. The molecule has 0 aliphatic rings. The second-order valence-electron chi connectivity index (χ2n) is 10.0. The maximum atomic E-state index is 13.5. The van der Waals surface area contributed by atoms with Crippen molar-refractivity contribution in [3.63, 3.8) is 0 Å². The lowest BCUT2D eigenvalue weighted by molar-refractivity contribution is -0.144. The van der Waals surface area contributed by atoms with Crippen molar-refractivity contribution in [3.05, 3.63) is 59.4 Å². The first-order valence-electron chi connectivity index (χ1n) is 12.4. The van der Waals surface area contributed by atoms with Gasteiger partial charge < -0.3 is 19.1 Å². The molecule has 0 radical (unpaired) electrons. The summed E-state index contributed by atoms with van der Waals surface area (Å²) in [6, 6.07) is 12.6.